The molecule has 2 heteroatoms. The van der Waals surface area contributed by atoms with Gasteiger partial charge in [-0.05, 0) is 127 Å². The number of hydrogen-bond acceptors (Lipinski definition) is 1. The standard InChI is InChI=1S/C44H36N2/c1-30-11-25-43-41(27-30)42-28-31(2)12-26-44(42)46(43)40-23-17-34(18-24-40)33-13-19-38(20-14-33)45-39-21-15-35(16-22-39)37-10-6-9-36(29-37)32-7-4-3-5-8-32/h4,6-29,45H,3,5H2,1-2H3. The summed E-state index contributed by atoms with van der Waals surface area (Å²) in [6, 6.07) is 48.7. The molecule has 1 aromatic heterocycles. The van der Waals surface area contributed by atoms with E-state index in [1.165, 1.54) is 72.0 Å². The first-order chi connectivity index (χ1) is 22.6. The van der Waals surface area contributed by atoms with Gasteiger partial charge in [0.05, 0.1) is 11.0 Å². The van der Waals surface area contributed by atoms with Gasteiger partial charge in [0.1, 0.15) is 0 Å². The third-order valence-corrected chi connectivity index (χ3v) is 9.12. The molecule has 8 rings (SSSR count). The van der Waals surface area contributed by atoms with Crippen LogP contribution >= 0.6 is 0 Å². The first kappa shape index (κ1) is 27.9. The molecule has 0 fully saturated rings. The van der Waals surface area contributed by atoms with E-state index in [1.54, 1.807) is 0 Å². The molecule has 0 bridgehead atoms. The van der Waals surface area contributed by atoms with Crippen molar-refractivity contribution in [2.24, 2.45) is 0 Å². The lowest BCUT2D eigenvalue weighted by molar-refractivity contribution is 1.04. The van der Waals surface area contributed by atoms with Gasteiger partial charge in [0.15, 0.2) is 0 Å². The zero-order valence-electron chi connectivity index (χ0n) is 26.3. The molecule has 2 nitrogen and oxygen atoms in total. The Balaban J connectivity index is 0.995. The monoisotopic (exact) mass is 592 g/mol. The van der Waals surface area contributed by atoms with Crippen molar-refractivity contribution in [3.05, 3.63) is 168 Å². The van der Waals surface area contributed by atoms with Crippen LogP contribution in [0, 0.1) is 13.8 Å². The molecule has 0 aliphatic heterocycles. The van der Waals surface area contributed by atoms with Crippen LogP contribution in [-0.2, 0) is 0 Å². The van der Waals surface area contributed by atoms with Gasteiger partial charge in [-0.1, -0.05) is 96.1 Å². The van der Waals surface area contributed by atoms with Crippen LogP contribution in [0.5, 0.6) is 0 Å². The molecule has 6 aromatic carbocycles. The predicted octanol–water partition coefficient (Wildman–Crippen LogP) is 12.2. The van der Waals surface area contributed by atoms with Crippen molar-refractivity contribution >= 4 is 38.8 Å². The molecule has 0 spiro atoms. The van der Waals surface area contributed by atoms with E-state index in [9.17, 15) is 0 Å². The van der Waals surface area contributed by atoms with Gasteiger partial charge in [0, 0.05) is 27.8 Å². The number of nitrogens with zero attached hydrogens (tertiary/aromatic N) is 1. The van der Waals surface area contributed by atoms with Crippen LogP contribution in [0.15, 0.2) is 152 Å². The summed E-state index contributed by atoms with van der Waals surface area (Å²) in [7, 11) is 0. The number of fused-ring (bicyclic) bond motifs is 3. The zero-order chi connectivity index (χ0) is 31.0. The average Bonchev–Trinajstić information content (AvgIpc) is 3.42. The summed E-state index contributed by atoms with van der Waals surface area (Å²) < 4.78 is 2.38. The molecule has 0 saturated heterocycles. The minimum absolute atomic E-state index is 1.07. The molecule has 0 atom stereocenters. The van der Waals surface area contributed by atoms with E-state index >= 15 is 0 Å². The van der Waals surface area contributed by atoms with Gasteiger partial charge in [0.2, 0.25) is 0 Å². The van der Waals surface area contributed by atoms with E-state index < -0.39 is 0 Å². The van der Waals surface area contributed by atoms with Crippen molar-refractivity contribution in [2.75, 3.05) is 5.32 Å². The highest BCUT2D eigenvalue weighted by Gasteiger charge is 2.13. The molecule has 0 amide bonds. The third-order valence-electron chi connectivity index (χ3n) is 9.12. The summed E-state index contributed by atoms with van der Waals surface area (Å²) in [5.74, 6) is 0. The minimum atomic E-state index is 1.07. The molecule has 1 aliphatic carbocycles. The molecule has 46 heavy (non-hydrogen) atoms. The second-order valence-electron chi connectivity index (χ2n) is 12.4. The lowest BCUT2D eigenvalue weighted by atomic mass is 9.96. The zero-order valence-corrected chi connectivity index (χ0v) is 26.3. The lowest BCUT2D eigenvalue weighted by Gasteiger charge is -2.12. The molecule has 7 aromatic rings. The normalized spacial score (nSPS) is 12.9. The van der Waals surface area contributed by atoms with Gasteiger partial charge in [-0.25, -0.2) is 0 Å². The minimum Gasteiger partial charge on any atom is -0.356 e. The number of aryl methyl sites for hydroxylation is 2. The van der Waals surface area contributed by atoms with Crippen LogP contribution in [-0.4, -0.2) is 4.57 Å². The number of allylic oxidation sites excluding steroid dienone is 4. The summed E-state index contributed by atoms with van der Waals surface area (Å²) in [5, 5.41) is 6.18. The van der Waals surface area contributed by atoms with Crippen molar-refractivity contribution in [1.82, 2.24) is 4.57 Å². The Kier molecular flexibility index (Phi) is 7.11. The fraction of sp³-hybridized carbons (Fsp3) is 0.0909. The highest BCUT2D eigenvalue weighted by molar-refractivity contribution is 6.09. The van der Waals surface area contributed by atoms with Gasteiger partial charge in [-0.2, -0.15) is 0 Å². The Labute approximate surface area is 271 Å². The Bertz CT molecular complexity index is 2200. The van der Waals surface area contributed by atoms with Crippen LogP contribution in [0.4, 0.5) is 11.4 Å². The number of benzene rings is 6. The van der Waals surface area contributed by atoms with Crippen molar-refractivity contribution in [3.63, 3.8) is 0 Å². The van der Waals surface area contributed by atoms with Gasteiger partial charge >= 0.3 is 0 Å². The van der Waals surface area contributed by atoms with Crippen LogP contribution in [0.3, 0.4) is 0 Å². The summed E-state index contributed by atoms with van der Waals surface area (Å²) >= 11 is 0. The molecule has 222 valence electrons. The number of aromatic nitrogens is 1. The second-order valence-corrected chi connectivity index (χ2v) is 12.4. The van der Waals surface area contributed by atoms with Crippen molar-refractivity contribution in [1.29, 1.82) is 0 Å². The van der Waals surface area contributed by atoms with Gasteiger partial charge in [-0.15, -0.1) is 0 Å². The first-order valence-corrected chi connectivity index (χ1v) is 16.2. The van der Waals surface area contributed by atoms with Crippen LogP contribution < -0.4 is 5.32 Å². The highest BCUT2D eigenvalue weighted by Crippen LogP contribution is 2.34. The predicted molar refractivity (Wildman–Crippen MR) is 197 cm³/mol. The molecular weight excluding hydrogens is 556 g/mol. The maximum Gasteiger partial charge on any atom is 0.0541 e. The van der Waals surface area contributed by atoms with Crippen LogP contribution in [0.25, 0.3) is 55.3 Å². The van der Waals surface area contributed by atoms with Gasteiger partial charge < -0.3 is 9.88 Å². The fourth-order valence-corrected chi connectivity index (χ4v) is 6.70. The van der Waals surface area contributed by atoms with Crippen LogP contribution in [0.1, 0.15) is 29.5 Å². The van der Waals surface area contributed by atoms with Crippen molar-refractivity contribution in [2.45, 2.75) is 26.7 Å². The van der Waals surface area contributed by atoms with Gasteiger partial charge in [0.25, 0.3) is 0 Å². The van der Waals surface area contributed by atoms with E-state index in [4.69, 9.17) is 0 Å². The van der Waals surface area contributed by atoms with E-state index in [1.807, 2.05) is 0 Å². The topological polar surface area (TPSA) is 17.0 Å². The maximum absolute atomic E-state index is 3.57. The van der Waals surface area contributed by atoms with E-state index in [2.05, 4.69) is 175 Å². The Morgan fingerprint density at radius 1 is 0.500 bits per heavy atom. The smallest absolute Gasteiger partial charge is 0.0541 e. The summed E-state index contributed by atoms with van der Waals surface area (Å²) in [5.41, 5.74) is 15.8. The van der Waals surface area contributed by atoms with Crippen LogP contribution in [0.2, 0.25) is 0 Å². The molecule has 0 radical (unpaired) electrons. The van der Waals surface area contributed by atoms with E-state index in [-0.39, 0.29) is 0 Å². The lowest BCUT2D eigenvalue weighted by Crippen LogP contribution is -1.94. The molecule has 0 unspecified atom stereocenters. The summed E-state index contributed by atoms with van der Waals surface area (Å²) in [4.78, 5) is 0. The Hall–Kier alpha value is -5.60. The molecular formula is C44H36N2. The SMILES string of the molecule is Cc1ccc2c(c1)c1cc(C)ccc1n2-c1ccc(-c2ccc(Nc3ccc(-c4cccc(C5=CCCC=C5)c4)cc3)cc2)cc1. The van der Waals surface area contributed by atoms with Crippen molar-refractivity contribution in [3.8, 4) is 27.9 Å². The Morgan fingerprint density at radius 2 is 1.04 bits per heavy atom. The summed E-state index contributed by atoms with van der Waals surface area (Å²) in [6.07, 6.45) is 9.09. The van der Waals surface area contributed by atoms with Crippen molar-refractivity contribution < 1.29 is 0 Å². The maximum atomic E-state index is 3.57. The number of hydrogen-bond donors (Lipinski definition) is 1. The quantitative estimate of drug-likeness (QED) is 0.203. The average molecular weight is 593 g/mol. The second kappa shape index (κ2) is 11.7. The van der Waals surface area contributed by atoms with E-state index in [0.717, 1.165) is 24.2 Å². The molecule has 1 heterocycles. The highest BCUT2D eigenvalue weighted by atomic mass is 15.0. The van der Waals surface area contributed by atoms with E-state index in [0.29, 0.717) is 0 Å². The third kappa shape index (κ3) is 5.33. The number of nitrogens with one attached hydrogen (secondary N) is 1. The Morgan fingerprint density at radius 3 is 1.61 bits per heavy atom. The number of rotatable bonds is 6. The number of anilines is 2. The first-order valence-electron chi connectivity index (χ1n) is 16.2. The fourth-order valence-electron chi connectivity index (χ4n) is 6.70. The van der Waals surface area contributed by atoms with Gasteiger partial charge in [-0.3, -0.25) is 0 Å². The molecule has 0 saturated carbocycles. The molecule has 1 aliphatic rings. The largest absolute Gasteiger partial charge is 0.356 e. The molecule has 1 N–H and O–H groups in total. The summed E-state index contributed by atoms with van der Waals surface area (Å²) in [6.45, 7) is 4.33.